The molecule has 1 unspecified atom stereocenters. The fraction of sp³-hybridized carbons (Fsp3) is 0.286. The maximum atomic E-state index is 10.1. The first-order valence-electron chi connectivity index (χ1n) is 8.65. The molecule has 4 heteroatoms. The van der Waals surface area contributed by atoms with E-state index in [1.807, 2.05) is 42.5 Å². The largest absolute Gasteiger partial charge is 0.393 e. The van der Waals surface area contributed by atoms with E-state index in [4.69, 9.17) is 4.84 Å². The van der Waals surface area contributed by atoms with E-state index in [2.05, 4.69) is 34.3 Å². The van der Waals surface area contributed by atoms with Crippen LogP contribution in [-0.2, 0) is 17.8 Å². The first-order chi connectivity index (χ1) is 12.3. The highest BCUT2D eigenvalue weighted by Gasteiger charge is 2.18. The second-order valence-corrected chi connectivity index (χ2v) is 6.23. The lowest BCUT2D eigenvalue weighted by Crippen LogP contribution is -2.38. The van der Waals surface area contributed by atoms with Crippen LogP contribution in [0, 0.1) is 0 Å². The van der Waals surface area contributed by atoms with Crippen molar-refractivity contribution >= 4 is 12.3 Å². The normalized spacial score (nSPS) is 16.2. The zero-order valence-corrected chi connectivity index (χ0v) is 14.3. The summed E-state index contributed by atoms with van der Waals surface area (Å²) in [4.78, 5) is 7.45. The fourth-order valence-corrected chi connectivity index (χ4v) is 2.99. The molecule has 1 aliphatic rings. The molecule has 0 radical (unpaired) electrons. The van der Waals surface area contributed by atoms with Crippen LogP contribution in [0.4, 0.5) is 0 Å². The predicted molar refractivity (Wildman–Crippen MR) is 101 cm³/mol. The smallest absolute Gasteiger partial charge is 0.144 e. The number of hydrogen-bond acceptors (Lipinski definition) is 4. The zero-order chi connectivity index (χ0) is 17.3. The Balaban J connectivity index is 1.36. The van der Waals surface area contributed by atoms with Crippen molar-refractivity contribution in [3.05, 3.63) is 77.4 Å². The molecule has 0 aromatic heterocycles. The number of allylic oxidation sites excluding steroid dienone is 1. The highest BCUT2D eigenvalue weighted by Crippen LogP contribution is 2.18. The summed E-state index contributed by atoms with van der Waals surface area (Å²) >= 11 is 0. The number of oxime groups is 1. The van der Waals surface area contributed by atoms with Crippen molar-refractivity contribution in [2.24, 2.45) is 5.16 Å². The average Bonchev–Trinajstić information content (AvgIpc) is 2.65. The molecule has 4 nitrogen and oxygen atoms in total. The van der Waals surface area contributed by atoms with E-state index in [9.17, 15) is 5.11 Å². The van der Waals surface area contributed by atoms with Gasteiger partial charge in [-0.1, -0.05) is 65.8 Å². The van der Waals surface area contributed by atoms with Crippen LogP contribution in [0.5, 0.6) is 0 Å². The molecule has 1 N–H and O–H groups in total. The Morgan fingerprint density at radius 3 is 2.68 bits per heavy atom. The van der Waals surface area contributed by atoms with Crippen molar-refractivity contribution in [2.75, 3.05) is 19.7 Å². The molecule has 0 aliphatic carbocycles. The van der Waals surface area contributed by atoms with Gasteiger partial charge in [0, 0.05) is 19.6 Å². The van der Waals surface area contributed by atoms with E-state index < -0.39 is 6.10 Å². The first kappa shape index (κ1) is 17.4. The van der Waals surface area contributed by atoms with Crippen molar-refractivity contribution < 1.29 is 9.94 Å². The molecule has 1 aliphatic heterocycles. The first-order valence-corrected chi connectivity index (χ1v) is 8.65. The van der Waals surface area contributed by atoms with Crippen LogP contribution in [-0.4, -0.2) is 42.0 Å². The second-order valence-electron chi connectivity index (χ2n) is 6.23. The minimum absolute atomic E-state index is 0.202. The summed E-state index contributed by atoms with van der Waals surface area (Å²) in [5, 5.41) is 14.0. The van der Waals surface area contributed by atoms with Crippen LogP contribution in [0.3, 0.4) is 0 Å². The fourth-order valence-electron chi connectivity index (χ4n) is 2.99. The topological polar surface area (TPSA) is 45.1 Å². The molecule has 0 saturated heterocycles. The molecule has 2 aromatic carbocycles. The summed E-state index contributed by atoms with van der Waals surface area (Å²) in [5.74, 6) is 0. The van der Waals surface area contributed by atoms with Crippen molar-refractivity contribution in [3.63, 3.8) is 0 Å². The molecular weight excluding hydrogens is 312 g/mol. The summed E-state index contributed by atoms with van der Waals surface area (Å²) < 4.78 is 0. The Morgan fingerprint density at radius 1 is 1.08 bits per heavy atom. The molecule has 3 rings (SSSR count). The van der Waals surface area contributed by atoms with E-state index in [1.165, 1.54) is 11.1 Å². The third-order valence-corrected chi connectivity index (χ3v) is 4.26. The van der Waals surface area contributed by atoms with Crippen LogP contribution in [0.15, 0.2) is 65.8 Å². The molecule has 1 atom stereocenters. The van der Waals surface area contributed by atoms with Gasteiger partial charge in [-0.05, 0) is 29.2 Å². The third-order valence-electron chi connectivity index (χ3n) is 4.26. The zero-order valence-electron chi connectivity index (χ0n) is 14.3. The summed E-state index contributed by atoms with van der Waals surface area (Å²) in [7, 11) is 0. The van der Waals surface area contributed by atoms with Crippen LogP contribution in [0.2, 0.25) is 0 Å². The van der Waals surface area contributed by atoms with E-state index in [-0.39, 0.29) is 6.61 Å². The lowest BCUT2D eigenvalue weighted by molar-refractivity contribution is 0.0171. The number of rotatable bonds is 7. The minimum Gasteiger partial charge on any atom is -0.393 e. The summed E-state index contributed by atoms with van der Waals surface area (Å²) in [6.45, 7) is 2.66. The Kier molecular flexibility index (Phi) is 6.37. The van der Waals surface area contributed by atoms with Crippen molar-refractivity contribution in [3.8, 4) is 0 Å². The van der Waals surface area contributed by atoms with Crippen LogP contribution in [0.25, 0.3) is 6.08 Å². The van der Waals surface area contributed by atoms with Gasteiger partial charge in [0.15, 0.2) is 0 Å². The number of hydrogen-bond donors (Lipinski definition) is 1. The number of β-amino-alcohol motifs (C(OH)–C–C–N with tert-alkyl or cyclic N) is 1. The van der Waals surface area contributed by atoms with E-state index >= 15 is 0 Å². The highest BCUT2D eigenvalue weighted by molar-refractivity contribution is 5.77. The Morgan fingerprint density at radius 2 is 1.84 bits per heavy atom. The lowest BCUT2D eigenvalue weighted by atomic mass is 10.00. The van der Waals surface area contributed by atoms with E-state index in [1.54, 1.807) is 6.21 Å². The second kappa shape index (κ2) is 9.16. The van der Waals surface area contributed by atoms with Gasteiger partial charge in [0.25, 0.3) is 0 Å². The lowest BCUT2D eigenvalue weighted by Gasteiger charge is -2.29. The maximum absolute atomic E-state index is 10.1. The van der Waals surface area contributed by atoms with Gasteiger partial charge < -0.3 is 9.94 Å². The van der Waals surface area contributed by atoms with Gasteiger partial charge >= 0.3 is 0 Å². The molecule has 0 spiro atoms. The van der Waals surface area contributed by atoms with Crippen molar-refractivity contribution in [1.82, 2.24) is 4.90 Å². The van der Waals surface area contributed by atoms with Crippen molar-refractivity contribution in [1.29, 1.82) is 0 Å². The van der Waals surface area contributed by atoms with Gasteiger partial charge in [0.1, 0.15) is 12.7 Å². The number of fused-ring (bicyclic) bond motifs is 1. The van der Waals surface area contributed by atoms with Gasteiger partial charge in [-0.3, -0.25) is 4.90 Å². The van der Waals surface area contributed by atoms with Crippen LogP contribution >= 0.6 is 0 Å². The van der Waals surface area contributed by atoms with Crippen LogP contribution in [0.1, 0.15) is 16.7 Å². The summed E-state index contributed by atoms with van der Waals surface area (Å²) in [5.41, 5.74) is 3.88. The molecule has 2 aromatic rings. The van der Waals surface area contributed by atoms with Crippen LogP contribution < -0.4 is 0 Å². The highest BCUT2D eigenvalue weighted by atomic mass is 16.6. The number of aliphatic hydroxyl groups excluding tert-OH is 1. The summed E-state index contributed by atoms with van der Waals surface area (Å²) in [6, 6.07) is 18.5. The Bertz CT molecular complexity index is 713. The van der Waals surface area contributed by atoms with Gasteiger partial charge in [-0.15, -0.1) is 0 Å². The molecule has 0 amide bonds. The van der Waals surface area contributed by atoms with Gasteiger partial charge in [-0.25, -0.2) is 0 Å². The molecule has 1 heterocycles. The van der Waals surface area contributed by atoms with Gasteiger partial charge in [0.2, 0.25) is 0 Å². The predicted octanol–water partition coefficient (Wildman–Crippen LogP) is 3.12. The standard InChI is InChI=1S/C21H24N2O2/c24-21(16-23-14-12-19-10-4-5-11-20(19)15-23)17-25-22-13-6-9-18-7-2-1-3-8-18/h1-11,13,21,24H,12,14-17H2. The molecule has 0 saturated carbocycles. The Labute approximate surface area is 149 Å². The molecular formula is C21H24N2O2. The van der Waals surface area contributed by atoms with Gasteiger partial charge in [0.05, 0.1) is 6.21 Å². The maximum Gasteiger partial charge on any atom is 0.144 e. The molecule has 130 valence electrons. The molecule has 0 fully saturated rings. The van der Waals surface area contributed by atoms with Gasteiger partial charge in [-0.2, -0.15) is 0 Å². The molecule has 25 heavy (non-hydrogen) atoms. The monoisotopic (exact) mass is 336 g/mol. The SMILES string of the molecule is OC(CON=CC=Cc1ccccc1)CN1CCc2ccccc2C1. The Hall–Kier alpha value is -2.43. The number of nitrogens with zero attached hydrogens (tertiary/aromatic N) is 2. The summed E-state index contributed by atoms with van der Waals surface area (Å²) in [6.07, 6.45) is 5.86. The molecule has 0 bridgehead atoms. The van der Waals surface area contributed by atoms with E-state index in [0.29, 0.717) is 6.54 Å². The minimum atomic E-state index is -0.541. The van der Waals surface area contributed by atoms with E-state index in [0.717, 1.165) is 25.1 Å². The third kappa shape index (κ3) is 5.55. The number of aliphatic hydroxyl groups is 1. The quantitative estimate of drug-likeness (QED) is 0.624. The van der Waals surface area contributed by atoms with Crippen molar-refractivity contribution in [2.45, 2.75) is 19.1 Å². The number of benzene rings is 2. The average molecular weight is 336 g/mol.